The maximum Gasteiger partial charge on any atom is 0.287 e. The molecule has 1 atom stereocenters. The molecule has 0 saturated carbocycles. The predicted molar refractivity (Wildman–Crippen MR) is 28.6 cm³/mol. The Morgan fingerprint density at radius 3 is 2.56 bits per heavy atom. The highest BCUT2D eigenvalue weighted by Crippen LogP contribution is 2.23. The largest absolute Gasteiger partial charge is 0.374 e. The second-order valence-electron chi connectivity index (χ2n) is 2.12. The molecule has 0 aromatic carbocycles. The molecule has 0 aromatic heterocycles. The summed E-state index contributed by atoms with van der Waals surface area (Å²) >= 11 is 0. The standard InChI is InChI=1S/C5H9F2NO/c1-9-4-2-8-3-5(4,6)7/h4,8H,2-3H2,1H3. The lowest BCUT2D eigenvalue weighted by Gasteiger charge is -2.14. The minimum absolute atomic E-state index is 0.253. The average Bonchev–Trinajstić information content (AvgIpc) is 2.08. The Morgan fingerprint density at radius 1 is 1.67 bits per heavy atom. The molecule has 0 amide bonds. The molecule has 1 heterocycles. The Hall–Kier alpha value is -0.220. The van der Waals surface area contributed by atoms with E-state index in [1.807, 2.05) is 0 Å². The summed E-state index contributed by atoms with van der Waals surface area (Å²) in [6, 6.07) is 0. The number of methoxy groups -OCH3 is 1. The van der Waals surface area contributed by atoms with Crippen LogP contribution in [0.2, 0.25) is 0 Å². The Labute approximate surface area is 52.2 Å². The van der Waals surface area contributed by atoms with Crippen LogP contribution in [0.5, 0.6) is 0 Å². The van der Waals surface area contributed by atoms with Crippen molar-refractivity contribution in [1.82, 2.24) is 5.32 Å². The summed E-state index contributed by atoms with van der Waals surface area (Å²) in [6.45, 7) is -0.00495. The minimum Gasteiger partial charge on any atom is -0.374 e. The smallest absolute Gasteiger partial charge is 0.287 e. The fourth-order valence-corrected chi connectivity index (χ4v) is 0.889. The van der Waals surface area contributed by atoms with Crippen molar-refractivity contribution in [1.29, 1.82) is 0 Å². The minimum atomic E-state index is -2.67. The van der Waals surface area contributed by atoms with Crippen molar-refractivity contribution in [2.24, 2.45) is 0 Å². The highest BCUT2D eigenvalue weighted by atomic mass is 19.3. The van der Waals surface area contributed by atoms with Gasteiger partial charge in [0.15, 0.2) is 0 Å². The number of ether oxygens (including phenoxy) is 1. The van der Waals surface area contributed by atoms with Crippen LogP contribution in [0.25, 0.3) is 0 Å². The molecule has 4 heteroatoms. The Morgan fingerprint density at radius 2 is 2.33 bits per heavy atom. The van der Waals surface area contributed by atoms with Gasteiger partial charge in [0.1, 0.15) is 6.10 Å². The van der Waals surface area contributed by atoms with E-state index in [0.717, 1.165) is 0 Å². The maximum atomic E-state index is 12.4. The molecule has 54 valence electrons. The maximum absolute atomic E-state index is 12.4. The second-order valence-corrected chi connectivity index (χ2v) is 2.12. The fraction of sp³-hybridized carbons (Fsp3) is 1.00. The number of hydrogen-bond acceptors (Lipinski definition) is 2. The topological polar surface area (TPSA) is 21.3 Å². The lowest BCUT2D eigenvalue weighted by Crippen LogP contribution is -2.32. The van der Waals surface area contributed by atoms with Crippen LogP contribution in [0.1, 0.15) is 0 Å². The van der Waals surface area contributed by atoms with Crippen LogP contribution in [-0.2, 0) is 4.74 Å². The van der Waals surface area contributed by atoms with Gasteiger partial charge in [0.25, 0.3) is 5.92 Å². The van der Waals surface area contributed by atoms with Gasteiger partial charge >= 0.3 is 0 Å². The van der Waals surface area contributed by atoms with E-state index in [9.17, 15) is 8.78 Å². The normalized spacial score (nSPS) is 33.0. The van der Waals surface area contributed by atoms with Crippen LogP contribution < -0.4 is 5.32 Å². The third-order valence-corrected chi connectivity index (χ3v) is 1.45. The summed E-state index contributed by atoms with van der Waals surface area (Å²) in [7, 11) is 1.30. The predicted octanol–water partition coefficient (Wildman–Crippen LogP) is 0.240. The van der Waals surface area contributed by atoms with Gasteiger partial charge in [0.05, 0.1) is 6.54 Å². The first-order valence-electron chi connectivity index (χ1n) is 2.78. The second kappa shape index (κ2) is 2.19. The number of alkyl halides is 2. The van der Waals surface area contributed by atoms with Gasteiger partial charge in [0.2, 0.25) is 0 Å². The Balaban J connectivity index is 2.52. The Kier molecular flexibility index (Phi) is 1.68. The zero-order valence-electron chi connectivity index (χ0n) is 5.16. The molecule has 1 aliphatic heterocycles. The van der Waals surface area contributed by atoms with E-state index in [4.69, 9.17) is 0 Å². The molecular formula is C5H9F2NO. The molecule has 0 aliphatic carbocycles. The summed E-state index contributed by atoms with van der Waals surface area (Å²) in [5.41, 5.74) is 0. The summed E-state index contributed by atoms with van der Waals surface area (Å²) in [4.78, 5) is 0. The SMILES string of the molecule is COC1CNCC1(F)F. The summed E-state index contributed by atoms with van der Waals surface area (Å²) in [5.74, 6) is -2.67. The highest BCUT2D eigenvalue weighted by Gasteiger charge is 2.44. The van der Waals surface area contributed by atoms with Gasteiger partial charge in [-0.25, -0.2) is 8.78 Å². The summed E-state index contributed by atoms with van der Waals surface area (Å²) in [5, 5.41) is 2.54. The van der Waals surface area contributed by atoms with E-state index >= 15 is 0 Å². The van der Waals surface area contributed by atoms with Crippen LogP contribution in [0.15, 0.2) is 0 Å². The van der Waals surface area contributed by atoms with E-state index in [2.05, 4.69) is 10.1 Å². The van der Waals surface area contributed by atoms with Crippen LogP contribution in [-0.4, -0.2) is 32.2 Å². The monoisotopic (exact) mass is 137 g/mol. The lowest BCUT2D eigenvalue weighted by molar-refractivity contribution is -0.0891. The molecule has 9 heavy (non-hydrogen) atoms. The van der Waals surface area contributed by atoms with Crippen LogP contribution in [0.3, 0.4) is 0 Å². The average molecular weight is 137 g/mol. The highest BCUT2D eigenvalue weighted by molar-refractivity contribution is 4.88. The third-order valence-electron chi connectivity index (χ3n) is 1.45. The molecule has 1 aliphatic rings. The van der Waals surface area contributed by atoms with Crippen molar-refractivity contribution in [2.45, 2.75) is 12.0 Å². The lowest BCUT2D eigenvalue weighted by atomic mass is 10.2. The van der Waals surface area contributed by atoms with Crippen LogP contribution in [0.4, 0.5) is 8.78 Å². The molecule has 0 spiro atoms. The first-order valence-corrected chi connectivity index (χ1v) is 2.78. The molecule has 0 radical (unpaired) electrons. The Bertz CT molecular complexity index is 107. The molecule has 1 saturated heterocycles. The van der Waals surface area contributed by atoms with Gasteiger partial charge in [-0.2, -0.15) is 0 Å². The molecule has 0 aromatic rings. The number of nitrogens with one attached hydrogen (secondary N) is 1. The fourth-order valence-electron chi connectivity index (χ4n) is 0.889. The quantitative estimate of drug-likeness (QED) is 0.559. The van der Waals surface area contributed by atoms with Crippen molar-refractivity contribution < 1.29 is 13.5 Å². The van der Waals surface area contributed by atoms with E-state index in [0.29, 0.717) is 0 Å². The van der Waals surface area contributed by atoms with Gasteiger partial charge in [0, 0.05) is 13.7 Å². The third kappa shape index (κ3) is 1.19. The van der Waals surface area contributed by atoms with E-state index in [-0.39, 0.29) is 13.1 Å². The number of hydrogen-bond donors (Lipinski definition) is 1. The van der Waals surface area contributed by atoms with Crippen LogP contribution in [0, 0.1) is 0 Å². The first-order chi connectivity index (χ1) is 4.17. The zero-order chi connectivity index (χ0) is 6.91. The van der Waals surface area contributed by atoms with Gasteiger partial charge in [-0.05, 0) is 0 Å². The van der Waals surface area contributed by atoms with E-state index in [1.165, 1.54) is 7.11 Å². The summed E-state index contributed by atoms with van der Waals surface area (Å²) in [6.07, 6.45) is -0.933. The molecule has 0 bridgehead atoms. The van der Waals surface area contributed by atoms with Gasteiger partial charge < -0.3 is 10.1 Å². The molecular weight excluding hydrogens is 128 g/mol. The van der Waals surface area contributed by atoms with Crippen molar-refractivity contribution >= 4 is 0 Å². The van der Waals surface area contributed by atoms with Crippen molar-refractivity contribution in [3.8, 4) is 0 Å². The molecule has 1 fully saturated rings. The van der Waals surface area contributed by atoms with Crippen LogP contribution >= 0.6 is 0 Å². The molecule has 2 nitrogen and oxygen atoms in total. The number of rotatable bonds is 1. The van der Waals surface area contributed by atoms with Gasteiger partial charge in [-0.15, -0.1) is 0 Å². The van der Waals surface area contributed by atoms with Crippen molar-refractivity contribution in [2.75, 3.05) is 20.2 Å². The summed E-state index contributed by atoms with van der Waals surface area (Å²) < 4.78 is 29.4. The molecule has 1 rings (SSSR count). The van der Waals surface area contributed by atoms with E-state index < -0.39 is 12.0 Å². The molecule has 1 N–H and O–H groups in total. The molecule has 1 unspecified atom stereocenters. The van der Waals surface area contributed by atoms with Crippen molar-refractivity contribution in [3.05, 3.63) is 0 Å². The van der Waals surface area contributed by atoms with Gasteiger partial charge in [-0.3, -0.25) is 0 Å². The van der Waals surface area contributed by atoms with Crippen molar-refractivity contribution in [3.63, 3.8) is 0 Å². The first kappa shape index (κ1) is 6.89. The van der Waals surface area contributed by atoms with Gasteiger partial charge in [-0.1, -0.05) is 0 Å². The van der Waals surface area contributed by atoms with E-state index in [1.54, 1.807) is 0 Å². The zero-order valence-corrected chi connectivity index (χ0v) is 5.16. The number of halogens is 2.